The Morgan fingerprint density at radius 3 is 2.71 bits per heavy atom. The number of nitrogens with zero attached hydrogens (tertiary/aromatic N) is 2. The smallest absolute Gasteiger partial charge is 0.246 e. The Labute approximate surface area is 127 Å². The zero-order valence-electron chi connectivity index (χ0n) is 11.6. The Kier molecular flexibility index (Phi) is 4.59. The molecule has 1 heterocycles. The van der Waals surface area contributed by atoms with Gasteiger partial charge in [-0.15, -0.1) is 0 Å². The van der Waals surface area contributed by atoms with E-state index < -0.39 is 6.04 Å². The van der Waals surface area contributed by atoms with Crippen LogP contribution in [0.25, 0.3) is 5.69 Å². The first-order valence-electron chi connectivity index (χ1n) is 6.35. The minimum atomic E-state index is -0.619. The second-order valence-corrected chi connectivity index (χ2v) is 4.94. The molecule has 7 heteroatoms. The summed E-state index contributed by atoms with van der Waals surface area (Å²) < 4.78 is 1.57. The van der Waals surface area contributed by atoms with Gasteiger partial charge in [0.2, 0.25) is 11.8 Å². The van der Waals surface area contributed by atoms with Crippen molar-refractivity contribution in [1.29, 1.82) is 0 Å². The molecule has 1 aromatic heterocycles. The van der Waals surface area contributed by atoms with Crippen molar-refractivity contribution in [3.63, 3.8) is 0 Å². The van der Waals surface area contributed by atoms with E-state index >= 15 is 0 Å². The molecule has 6 nitrogen and oxygen atoms in total. The van der Waals surface area contributed by atoms with Crippen LogP contribution in [0.1, 0.15) is 13.8 Å². The second-order valence-electron chi connectivity index (χ2n) is 4.54. The lowest BCUT2D eigenvalue weighted by molar-refractivity contribution is -0.124. The zero-order chi connectivity index (χ0) is 15.4. The number of carbonyl (C=O) groups excluding carboxylic acids is 2. The predicted octanol–water partition coefficient (Wildman–Crippen LogP) is 1.99. The van der Waals surface area contributed by atoms with Gasteiger partial charge in [0.15, 0.2) is 0 Å². The molecule has 0 aliphatic rings. The molecule has 0 saturated heterocycles. The minimum Gasteiger partial charge on any atom is -0.345 e. The molecule has 0 unspecified atom stereocenters. The van der Waals surface area contributed by atoms with Gasteiger partial charge < -0.3 is 10.6 Å². The largest absolute Gasteiger partial charge is 0.345 e. The maximum Gasteiger partial charge on any atom is 0.246 e. The van der Waals surface area contributed by atoms with Gasteiger partial charge in [-0.1, -0.05) is 23.7 Å². The second kappa shape index (κ2) is 6.41. The standard InChI is InChI=1S/C14H15ClN4O2/c1-9(17-10(2)20)14(21)18-11-7-16-19(8-11)13-6-4-3-5-12(13)15/h3-9H,1-2H3,(H,17,20)(H,18,21)/t9-/m0/s1. The van der Waals surface area contributed by atoms with Crippen LogP contribution < -0.4 is 10.6 Å². The molecule has 0 saturated carbocycles. The van der Waals surface area contributed by atoms with E-state index in [1.165, 1.54) is 13.1 Å². The summed E-state index contributed by atoms with van der Waals surface area (Å²) in [6.45, 7) is 2.97. The molecule has 2 rings (SSSR count). The molecular weight excluding hydrogens is 292 g/mol. The molecule has 2 N–H and O–H groups in total. The highest BCUT2D eigenvalue weighted by molar-refractivity contribution is 6.32. The van der Waals surface area contributed by atoms with Gasteiger partial charge in [0, 0.05) is 6.92 Å². The lowest BCUT2D eigenvalue weighted by Crippen LogP contribution is -2.40. The molecule has 110 valence electrons. The Balaban J connectivity index is 2.09. The Bertz CT molecular complexity index is 668. The SMILES string of the molecule is CC(=O)N[C@@H](C)C(=O)Nc1cnn(-c2ccccc2Cl)c1. The van der Waals surface area contributed by atoms with E-state index in [1.54, 1.807) is 23.9 Å². The summed E-state index contributed by atoms with van der Waals surface area (Å²) in [5, 5.41) is 9.90. The van der Waals surface area contributed by atoms with Crippen LogP contribution in [-0.4, -0.2) is 27.6 Å². The van der Waals surface area contributed by atoms with E-state index in [9.17, 15) is 9.59 Å². The zero-order valence-corrected chi connectivity index (χ0v) is 12.4. The summed E-state index contributed by atoms with van der Waals surface area (Å²) in [6, 6.07) is 6.63. The van der Waals surface area contributed by atoms with Crippen LogP contribution >= 0.6 is 11.6 Å². The molecule has 0 fully saturated rings. The fraction of sp³-hybridized carbons (Fsp3) is 0.214. The van der Waals surface area contributed by atoms with Gasteiger partial charge in [-0.2, -0.15) is 5.10 Å². The van der Waals surface area contributed by atoms with Crippen molar-refractivity contribution in [3.05, 3.63) is 41.7 Å². The molecule has 1 aromatic carbocycles. The summed E-state index contributed by atoms with van der Waals surface area (Å²) in [6.07, 6.45) is 3.17. The number of carbonyl (C=O) groups is 2. The Hall–Kier alpha value is -2.34. The average molecular weight is 307 g/mol. The van der Waals surface area contributed by atoms with Crippen LogP contribution in [0.15, 0.2) is 36.7 Å². The fourth-order valence-electron chi connectivity index (χ4n) is 1.78. The molecule has 21 heavy (non-hydrogen) atoms. The van der Waals surface area contributed by atoms with Crippen LogP contribution in [0.5, 0.6) is 0 Å². The maximum atomic E-state index is 11.9. The first-order valence-corrected chi connectivity index (χ1v) is 6.72. The third kappa shape index (κ3) is 3.82. The summed E-state index contributed by atoms with van der Waals surface area (Å²) in [4.78, 5) is 22.8. The molecule has 2 aromatic rings. The minimum absolute atomic E-state index is 0.260. The molecule has 0 bridgehead atoms. The maximum absolute atomic E-state index is 11.9. The third-order valence-corrected chi connectivity index (χ3v) is 3.08. The molecule has 2 amide bonds. The Morgan fingerprint density at radius 1 is 1.33 bits per heavy atom. The third-order valence-electron chi connectivity index (χ3n) is 2.76. The normalized spacial score (nSPS) is 11.8. The number of nitrogens with one attached hydrogen (secondary N) is 2. The van der Waals surface area contributed by atoms with Gasteiger partial charge in [0.1, 0.15) is 6.04 Å². The quantitative estimate of drug-likeness (QED) is 0.907. The average Bonchev–Trinajstić information content (AvgIpc) is 2.86. The van der Waals surface area contributed by atoms with Gasteiger partial charge in [-0.05, 0) is 19.1 Å². The molecule has 1 atom stereocenters. The first kappa shape index (κ1) is 15.1. The highest BCUT2D eigenvalue weighted by atomic mass is 35.5. The van der Waals surface area contributed by atoms with Crippen molar-refractivity contribution in [1.82, 2.24) is 15.1 Å². The number of benzene rings is 1. The van der Waals surface area contributed by atoms with E-state index in [-0.39, 0.29) is 11.8 Å². The number of anilines is 1. The first-order chi connectivity index (χ1) is 9.97. The lowest BCUT2D eigenvalue weighted by Gasteiger charge is -2.11. The van der Waals surface area contributed by atoms with Crippen LogP contribution in [0.4, 0.5) is 5.69 Å². The lowest BCUT2D eigenvalue weighted by atomic mass is 10.3. The van der Waals surface area contributed by atoms with Crippen LogP contribution in [0.2, 0.25) is 5.02 Å². The highest BCUT2D eigenvalue weighted by Crippen LogP contribution is 2.20. The van der Waals surface area contributed by atoms with Gasteiger partial charge in [0.25, 0.3) is 0 Å². The van der Waals surface area contributed by atoms with Crippen LogP contribution in [-0.2, 0) is 9.59 Å². The van der Waals surface area contributed by atoms with Gasteiger partial charge in [-0.3, -0.25) is 9.59 Å². The summed E-state index contributed by atoms with van der Waals surface area (Å²) in [5.74, 6) is -0.576. The van der Waals surface area contributed by atoms with Crippen molar-refractivity contribution < 1.29 is 9.59 Å². The van der Waals surface area contributed by atoms with Gasteiger partial charge >= 0.3 is 0 Å². The summed E-state index contributed by atoms with van der Waals surface area (Å²) >= 11 is 6.09. The number of hydrogen-bond donors (Lipinski definition) is 2. The van der Waals surface area contributed by atoms with Crippen LogP contribution in [0, 0.1) is 0 Å². The van der Waals surface area contributed by atoms with Crippen molar-refractivity contribution in [3.8, 4) is 5.69 Å². The fourth-order valence-corrected chi connectivity index (χ4v) is 2.00. The summed E-state index contributed by atoms with van der Waals surface area (Å²) in [7, 11) is 0. The molecular formula is C14H15ClN4O2. The van der Waals surface area contributed by atoms with Crippen LogP contribution in [0.3, 0.4) is 0 Å². The van der Waals surface area contributed by atoms with E-state index in [4.69, 9.17) is 11.6 Å². The van der Waals surface area contributed by atoms with Crippen molar-refractivity contribution in [2.45, 2.75) is 19.9 Å². The summed E-state index contributed by atoms with van der Waals surface area (Å²) in [5.41, 5.74) is 1.24. The van der Waals surface area contributed by atoms with Crippen molar-refractivity contribution in [2.75, 3.05) is 5.32 Å². The van der Waals surface area contributed by atoms with E-state index in [2.05, 4.69) is 15.7 Å². The number of amides is 2. The monoisotopic (exact) mass is 306 g/mol. The van der Waals surface area contributed by atoms with Gasteiger partial charge in [0.05, 0.1) is 28.8 Å². The molecule has 0 aliphatic heterocycles. The number of hydrogen-bond acceptors (Lipinski definition) is 3. The Morgan fingerprint density at radius 2 is 2.05 bits per heavy atom. The predicted molar refractivity (Wildman–Crippen MR) is 80.5 cm³/mol. The topological polar surface area (TPSA) is 76.0 Å². The van der Waals surface area contributed by atoms with Gasteiger partial charge in [-0.25, -0.2) is 4.68 Å². The number of aromatic nitrogens is 2. The number of halogens is 1. The highest BCUT2D eigenvalue weighted by Gasteiger charge is 2.14. The molecule has 0 radical (unpaired) electrons. The van der Waals surface area contributed by atoms with E-state index in [0.717, 1.165) is 5.69 Å². The van der Waals surface area contributed by atoms with Crippen molar-refractivity contribution in [2.24, 2.45) is 0 Å². The van der Waals surface area contributed by atoms with E-state index in [1.807, 2.05) is 18.2 Å². The van der Waals surface area contributed by atoms with Crippen molar-refractivity contribution >= 4 is 29.1 Å². The van der Waals surface area contributed by atoms with E-state index in [0.29, 0.717) is 10.7 Å². The molecule has 0 spiro atoms. The number of para-hydroxylation sites is 1. The molecule has 0 aliphatic carbocycles. The number of rotatable bonds is 4.